The molecule has 1 saturated heterocycles. The summed E-state index contributed by atoms with van der Waals surface area (Å²) in [6.45, 7) is 1.62. The highest BCUT2D eigenvalue weighted by Gasteiger charge is 2.30. The summed E-state index contributed by atoms with van der Waals surface area (Å²) >= 11 is 0. The molecule has 152 valence electrons. The van der Waals surface area contributed by atoms with Gasteiger partial charge in [-0.3, -0.25) is 9.48 Å². The summed E-state index contributed by atoms with van der Waals surface area (Å²) in [4.78, 5) is 23.4. The Hall–Kier alpha value is -3.17. The Morgan fingerprint density at radius 3 is 2.69 bits per heavy atom. The molecule has 1 aliphatic heterocycles. The molecule has 0 spiro atoms. The van der Waals surface area contributed by atoms with Gasteiger partial charge in [-0.15, -0.1) is 0 Å². The molecule has 4 rings (SSSR count). The largest absolute Gasteiger partial charge is 0.416 e. The van der Waals surface area contributed by atoms with Crippen molar-refractivity contribution < 1.29 is 18.0 Å². The van der Waals surface area contributed by atoms with Crippen molar-refractivity contribution in [2.24, 2.45) is 7.05 Å². The monoisotopic (exact) mass is 404 g/mol. The summed E-state index contributed by atoms with van der Waals surface area (Å²) in [6, 6.07) is 4.84. The normalized spacial score (nSPS) is 14.6. The van der Waals surface area contributed by atoms with E-state index in [2.05, 4.69) is 25.3 Å². The molecule has 0 atom stereocenters. The highest BCUT2D eigenvalue weighted by Crippen LogP contribution is 2.29. The fourth-order valence-corrected chi connectivity index (χ4v) is 3.39. The zero-order valence-corrected chi connectivity index (χ0v) is 15.7. The molecule has 0 bridgehead atoms. The Balaban J connectivity index is 1.57. The quantitative estimate of drug-likeness (QED) is 0.724. The number of hydrogen-bond donors (Lipinski definition) is 1. The molecule has 0 saturated carbocycles. The number of fused-ring (bicyclic) bond motifs is 1. The molecule has 3 heterocycles. The highest BCUT2D eigenvalue weighted by atomic mass is 19.4. The predicted molar refractivity (Wildman–Crippen MR) is 100 cm³/mol. The summed E-state index contributed by atoms with van der Waals surface area (Å²) in [5, 5.41) is 7.65. The van der Waals surface area contributed by atoms with E-state index in [1.54, 1.807) is 11.7 Å². The summed E-state index contributed by atoms with van der Waals surface area (Å²) in [6.07, 6.45) is -0.531. The molecule has 0 unspecified atom stereocenters. The Morgan fingerprint density at radius 1 is 1.21 bits per heavy atom. The standard InChI is InChI=1S/C19H19F3N6O/c1-27-11-14-15(26-27)24-16(25-17(14)28-7-2-3-8-28)18(29)23-10-12-5-4-6-13(9-12)19(20,21)22/h4-6,9,11H,2-3,7-8,10H2,1H3,(H,23,29). The van der Waals surface area contributed by atoms with Gasteiger partial charge in [-0.2, -0.15) is 18.3 Å². The van der Waals surface area contributed by atoms with Crippen LogP contribution in [-0.2, 0) is 19.8 Å². The van der Waals surface area contributed by atoms with Gasteiger partial charge in [0.25, 0.3) is 5.91 Å². The van der Waals surface area contributed by atoms with E-state index < -0.39 is 17.6 Å². The second-order valence-electron chi connectivity index (χ2n) is 6.99. The Labute approximate surface area is 164 Å². The molecule has 3 aromatic rings. The van der Waals surface area contributed by atoms with Crippen LogP contribution in [-0.4, -0.2) is 38.7 Å². The first kappa shape index (κ1) is 19.2. The number of nitrogens with one attached hydrogen (secondary N) is 1. The van der Waals surface area contributed by atoms with Crippen LogP contribution >= 0.6 is 0 Å². The van der Waals surface area contributed by atoms with Gasteiger partial charge in [0.15, 0.2) is 5.65 Å². The van der Waals surface area contributed by atoms with Gasteiger partial charge in [0.05, 0.1) is 10.9 Å². The van der Waals surface area contributed by atoms with Crippen LogP contribution in [0.4, 0.5) is 19.0 Å². The van der Waals surface area contributed by atoms with E-state index in [1.807, 2.05) is 6.20 Å². The van der Waals surface area contributed by atoms with Crippen LogP contribution in [0.15, 0.2) is 30.5 Å². The molecule has 1 N–H and O–H groups in total. The number of alkyl halides is 3. The van der Waals surface area contributed by atoms with Gasteiger partial charge in [-0.25, -0.2) is 9.97 Å². The molecule has 10 heteroatoms. The van der Waals surface area contributed by atoms with Crippen molar-refractivity contribution in [1.29, 1.82) is 0 Å². The zero-order valence-electron chi connectivity index (χ0n) is 15.7. The smallest absolute Gasteiger partial charge is 0.356 e. The maximum Gasteiger partial charge on any atom is 0.416 e. The number of aryl methyl sites for hydroxylation is 1. The molecule has 1 amide bonds. The summed E-state index contributed by atoms with van der Waals surface area (Å²) < 4.78 is 40.2. The van der Waals surface area contributed by atoms with Gasteiger partial charge >= 0.3 is 6.18 Å². The minimum Gasteiger partial charge on any atom is -0.356 e. The van der Waals surface area contributed by atoms with E-state index in [1.165, 1.54) is 12.1 Å². The third-order valence-electron chi connectivity index (χ3n) is 4.79. The molecule has 0 radical (unpaired) electrons. The number of benzene rings is 1. The predicted octanol–water partition coefficient (Wildman–Crippen LogP) is 2.91. The molecule has 2 aromatic heterocycles. The molecule has 1 aromatic carbocycles. The van der Waals surface area contributed by atoms with E-state index in [9.17, 15) is 18.0 Å². The van der Waals surface area contributed by atoms with E-state index in [0.717, 1.165) is 43.5 Å². The number of aromatic nitrogens is 4. The molecule has 1 aliphatic rings. The van der Waals surface area contributed by atoms with Crippen LogP contribution in [0.3, 0.4) is 0 Å². The maximum atomic E-state index is 12.9. The lowest BCUT2D eigenvalue weighted by molar-refractivity contribution is -0.137. The zero-order chi connectivity index (χ0) is 20.6. The van der Waals surface area contributed by atoms with Crippen LogP contribution < -0.4 is 10.2 Å². The van der Waals surface area contributed by atoms with E-state index in [0.29, 0.717) is 17.0 Å². The van der Waals surface area contributed by atoms with Crippen molar-refractivity contribution in [2.45, 2.75) is 25.6 Å². The van der Waals surface area contributed by atoms with Gasteiger partial charge in [0.1, 0.15) is 5.82 Å². The minimum atomic E-state index is -4.43. The number of halogens is 3. The van der Waals surface area contributed by atoms with E-state index >= 15 is 0 Å². The number of hydrogen-bond acceptors (Lipinski definition) is 5. The number of amides is 1. The second kappa shape index (κ2) is 7.34. The third-order valence-corrected chi connectivity index (χ3v) is 4.79. The van der Waals surface area contributed by atoms with Crippen LogP contribution in [0.5, 0.6) is 0 Å². The van der Waals surface area contributed by atoms with E-state index in [-0.39, 0.29) is 12.4 Å². The first-order valence-corrected chi connectivity index (χ1v) is 9.22. The highest BCUT2D eigenvalue weighted by molar-refractivity contribution is 5.95. The van der Waals surface area contributed by atoms with Gasteiger partial charge in [-0.1, -0.05) is 12.1 Å². The summed E-state index contributed by atoms with van der Waals surface area (Å²) in [5.74, 6) is 0.0466. The van der Waals surface area contributed by atoms with Crippen LogP contribution in [0.2, 0.25) is 0 Å². The molecule has 7 nitrogen and oxygen atoms in total. The average Bonchev–Trinajstić information content (AvgIpc) is 3.33. The lowest BCUT2D eigenvalue weighted by Crippen LogP contribution is -2.27. The molecule has 1 fully saturated rings. The van der Waals surface area contributed by atoms with Gasteiger partial charge in [-0.05, 0) is 30.5 Å². The Bertz CT molecular complexity index is 1060. The number of carbonyl (C=O) groups is 1. The molecule has 0 aliphatic carbocycles. The van der Waals surface area contributed by atoms with Crippen molar-refractivity contribution in [2.75, 3.05) is 18.0 Å². The topological polar surface area (TPSA) is 75.9 Å². The van der Waals surface area contributed by atoms with Gasteiger partial charge in [0.2, 0.25) is 5.82 Å². The number of carbonyl (C=O) groups excluding carboxylic acids is 1. The van der Waals surface area contributed by atoms with Crippen molar-refractivity contribution in [3.8, 4) is 0 Å². The van der Waals surface area contributed by atoms with Gasteiger partial charge < -0.3 is 10.2 Å². The Kier molecular flexibility index (Phi) is 4.85. The SMILES string of the molecule is Cn1cc2c(N3CCCC3)nc(C(=O)NCc3cccc(C(F)(F)F)c3)nc2n1. The van der Waals surface area contributed by atoms with Gasteiger partial charge in [0, 0.05) is 32.9 Å². The lowest BCUT2D eigenvalue weighted by atomic mass is 10.1. The van der Waals surface area contributed by atoms with E-state index in [4.69, 9.17) is 0 Å². The average molecular weight is 404 g/mol. The molecular formula is C19H19F3N6O. The fourth-order valence-electron chi connectivity index (χ4n) is 3.39. The Morgan fingerprint density at radius 2 is 1.97 bits per heavy atom. The van der Waals surface area contributed by atoms with Crippen molar-refractivity contribution >= 4 is 22.8 Å². The maximum absolute atomic E-state index is 12.9. The molecule has 29 heavy (non-hydrogen) atoms. The fraction of sp³-hybridized carbons (Fsp3) is 0.368. The summed E-state index contributed by atoms with van der Waals surface area (Å²) in [5.41, 5.74) is -0.00722. The minimum absolute atomic E-state index is 0.0509. The van der Waals surface area contributed by atoms with Crippen LogP contribution in [0, 0.1) is 0 Å². The van der Waals surface area contributed by atoms with Crippen molar-refractivity contribution in [3.63, 3.8) is 0 Å². The lowest BCUT2D eigenvalue weighted by Gasteiger charge is -2.17. The second-order valence-corrected chi connectivity index (χ2v) is 6.99. The number of nitrogens with zero attached hydrogens (tertiary/aromatic N) is 5. The first-order valence-electron chi connectivity index (χ1n) is 9.22. The number of rotatable bonds is 4. The summed E-state index contributed by atoms with van der Waals surface area (Å²) in [7, 11) is 1.77. The van der Waals surface area contributed by atoms with Crippen molar-refractivity contribution in [3.05, 3.63) is 47.4 Å². The van der Waals surface area contributed by atoms with Crippen molar-refractivity contribution in [1.82, 2.24) is 25.1 Å². The number of anilines is 1. The van der Waals surface area contributed by atoms with Crippen LogP contribution in [0.25, 0.3) is 11.0 Å². The molecular weight excluding hydrogens is 385 g/mol. The van der Waals surface area contributed by atoms with Crippen LogP contribution in [0.1, 0.15) is 34.6 Å². The first-order chi connectivity index (χ1) is 13.8. The third kappa shape index (κ3) is 4.01.